The molecule has 4 aromatic rings. The summed E-state index contributed by atoms with van der Waals surface area (Å²) in [5, 5.41) is 0.390. The number of hydrogen-bond donors (Lipinski definition) is 0. The number of amides is 1. The third-order valence-corrected chi connectivity index (χ3v) is 6.47. The summed E-state index contributed by atoms with van der Waals surface area (Å²) in [4.78, 5) is 28.9. The van der Waals surface area contributed by atoms with Crippen LogP contribution in [-0.2, 0) is 0 Å². The first kappa shape index (κ1) is 24.6. The summed E-state index contributed by atoms with van der Waals surface area (Å²) < 4.78 is 31.6. The van der Waals surface area contributed by atoms with Crippen molar-refractivity contribution in [3.63, 3.8) is 0 Å². The lowest BCUT2D eigenvalue weighted by Crippen LogP contribution is -2.29. The van der Waals surface area contributed by atoms with E-state index in [4.69, 9.17) is 13.9 Å². The molecule has 0 fully saturated rings. The van der Waals surface area contributed by atoms with Crippen LogP contribution in [0.15, 0.2) is 75.9 Å². The van der Waals surface area contributed by atoms with Gasteiger partial charge in [0.15, 0.2) is 16.9 Å². The van der Waals surface area contributed by atoms with Gasteiger partial charge in [0, 0.05) is 5.69 Å². The molecule has 6 nitrogen and oxygen atoms in total. The number of ether oxygens (including phenoxy) is 2. The van der Waals surface area contributed by atoms with E-state index < -0.39 is 17.8 Å². The normalized spacial score (nSPS) is 14.7. The van der Waals surface area contributed by atoms with Crippen LogP contribution in [0.1, 0.15) is 60.8 Å². The van der Waals surface area contributed by atoms with Gasteiger partial charge in [-0.3, -0.25) is 14.5 Å². The average molecular weight is 502 g/mol. The maximum atomic E-state index is 13.7. The quantitative estimate of drug-likeness (QED) is 0.240. The number of carbonyl (C=O) groups is 1. The molecule has 0 N–H and O–H groups in total. The predicted octanol–water partition coefficient (Wildman–Crippen LogP) is 6.65. The van der Waals surface area contributed by atoms with Crippen molar-refractivity contribution >= 4 is 22.6 Å². The van der Waals surface area contributed by atoms with Crippen molar-refractivity contribution in [2.75, 3.05) is 18.1 Å². The van der Waals surface area contributed by atoms with Gasteiger partial charge in [0.25, 0.3) is 5.91 Å². The minimum absolute atomic E-state index is 0.0177. The summed E-state index contributed by atoms with van der Waals surface area (Å²) in [5.74, 6) is 0.225. The van der Waals surface area contributed by atoms with Gasteiger partial charge < -0.3 is 13.9 Å². The largest absolute Gasteiger partial charge is 0.490 e. The Hall–Kier alpha value is -4.13. The molecule has 0 bridgehead atoms. The van der Waals surface area contributed by atoms with E-state index in [1.54, 1.807) is 36.4 Å². The first-order chi connectivity index (χ1) is 18.0. The summed E-state index contributed by atoms with van der Waals surface area (Å²) in [6, 6.07) is 17.1. The van der Waals surface area contributed by atoms with Crippen LogP contribution in [0.5, 0.6) is 11.5 Å². The zero-order valence-corrected chi connectivity index (χ0v) is 20.8. The molecule has 7 heteroatoms. The van der Waals surface area contributed by atoms with Crippen LogP contribution in [-0.4, -0.2) is 19.1 Å². The van der Waals surface area contributed by atoms with Crippen molar-refractivity contribution in [1.82, 2.24) is 0 Å². The van der Waals surface area contributed by atoms with Crippen molar-refractivity contribution in [2.24, 2.45) is 0 Å². The van der Waals surface area contributed by atoms with E-state index in [0.717, 1.165) is 19.3 Å². The van der Waals surface area contributed by atoms with E-state index in [0.29, 0.717) is 46.9 Å². The van der Waals surface area contributed by atoms with Crippen molar-refractivity contribution in [3.8, 4) is 11.5 Å². The molecular weight excluding hydrogens is 473 g/mol. The Kier molecular flexibility index (Phi) is 6.95. The van der Waals surface area contributed by atoms with Crippen molar-refractivity contribution in [1.29, 1.82) is 0 Å². The van der Waals surface area contributed by atoms with E-state index >= 15 is 0 Å². The fourth-order valence-electron chi connectivity index (χ4n) is 4.72. The number of fused-ring (bicyclic) bond motifs is 2. The fraction of sp³-hybridized carbons (Fsp3) is 0.267. The van der Waals surface area contributed by atoms with Crippen molar-refractivity contribution in [3.05, 3.63) is 99.7 Å². The van der Waals surface area contributed by atoms with Gasteiger partial charge in [0.2, 0.25) is 5.76 Å². The van der Waals surface area contributed by atoms with Crippen LogP contribution in [0.3, 0.4) is 0 Å². The molecule has 0 aliphatic carbocycles. The molecule has 3 aromatic carbocycles. The molecule has 0 radical (unpaired) electrons. The van der Waals surface area contributed by atoms with Crippen LogP contribution in [0, 0.1) is 5.82 Å². The Morgan fingerprint density at radius 3 is 2.46 bits per heavy atom. The molecule has 5 rings (SSSR count). The third kappa shape index (κ3) is 4.57. The van der Waals surface area contributed by atoms with Gasteiger partial charge >= 0.3 is 0 Å². The second kappa shape index (κ2) is 10.5. The molecule has 2 heterocycles. The van der Waals surface area contributed by atoms with E-state index in [1.165, 1.54) is 29.2 Å². The molecule has 1 amide bonds. The molecule has 190 valence electrons. The lowest BCUT2D eigenvalue weighted by molar-refractivity contribution is 0.0971. The second-order valence-electron chi connectivity index (χ2n) is 8.92. The molecule has 1 aliphatic rings. The Morgan fingerprint density at radius 2 is 1.70 bits per heavy atom. The van der Waals surface area contributed by atoms with E-state index in [2.05, 4.69) is 6.92 Å². The predicted molar refractivity (Wildman–Crippen MR) is 140 cm³/mol. The lowest BCUT2D eigenvalue weighted by Gasteiger charge is -2.26. The third-order valence-electron chi connectivity index (χ3n) is 6.47. The number of rotatable bonds is 9. The summed E-state index contributed by atoms with van der Waals surface area (Å²) >= 11 is 0. The van der Waals surface area contributed by atoms with Crippen LogP contribution in [0.2, 0.25) is 0 Å². The highest BCUT2D eigenvalue weighted by Gasteiger charge is 2.44. The molecule has 1 atom stereocenters. The molecule has 0 saturated carbocycles. The summed E-state index contributed by atoms with van der Waals surface area (Å²) in [5.41, 5.74) is 1.40. The van der Waals surface area contributed by atoms with Crippen LogP contribution in [0.25, 0.3) is 11.0 Å². The highest BCUT2D eigenvalue weighted by molar-refractivity contribution is 6.10. The fourth-order valence-corrected chi connectivity index (χ4v) is 4.72. The van der Waals surface area contributed by atoms with Crippen molar-refractivity contribution < 1.29 is 23.1 Å². The Balaban J connectivity index is 1.66. The minimum Gasteiger partial charge on any atom is -0.490 e. The Labute approximate surface area is 214 Å². The van der Waals surface area contributed by atoms with E-state index in [9.17, 15) is 14.0 Å². The van der Waals surface area contributed by atoms with Gasteiger partial charge in [-0.25, -0.2) is 4.39 Å². The second-order valence-corrected chi connectivity index (χ2v) is 8.92. The van der Waals surface area contributed by atoms with Gasteiger partial charge in [-0.15, -0.1) is 0 Å². The zero-order valence-electron chi connectivity index (χ0n) is 20.8. The molecule has 37 heavy (non-hydrogen) atoms. The molecule has 1 aliphatic heterocycles. The van der Waals surface area contributed by atoms with E-state index in [1.807, 2.05) is 13.0 Å². The highest BCUT2D eigenvalue weighted by Crippen LogP contribution is 2.43. The topological polar surface area (TPSA) is 69.0 Å². The molecule has 0 saturated heterocycles. The molecule has 1 unspecified atom stereocenters. The number of nitrogens with zero attached hydrogens (tertiary/aromatic N) is 1. The van der Waals surface area contributed by atoms with Crippen LogP contribution < -0.4 is 19.8 Å². The van der Waals surface area contributed by atoms with Crippen LogP contribution >= 0.6 is 0 Å². The number of hydrogen-bond acceptors (Lipinski definition) is 5. The molecule has 0 spiro atoms. The Bertz CT molecular complexity index is 1490. The first-order valence-electron chi connectivity index (χ1n) is 12.6. The molecular formula is C30H28FNO5. The Morgan fingerprint density at radius 1 is 0.919 bits per heavy atom. The summed E-state index contributed by atoms with van der Waals surface area (Å²) in [6.45, 7) is 5.00. The minimum atomic E-state index is -0.790. The van der Waals surface area contributed by atoms with Gasteiger partial charge in [-0.05, 0) is 67.4 Å². The maximum Gasteiger partial charge on any atom is 0.295 e. The average Bonchev–Trinajstić information content (AvgIpc) is 3.20. The number of anilines is 1. The van der Waals surface area contributed by atoms with Gasteiger partial charge in [-0.1, -0.05) is 38.0 Å². The highest BCUT2D eigenvalue weighted by atomic mass is 19.1. The number of unbranched alkanes of at least 4 members (excludes halogenated alkanes) is 2. The van der Waals surface area contributed by atoms with E-state index in [-0.39, 0.29) is 16.8 Å². The van der Waals surface area contributed by atoms with Gasteiger partial charge in [-0.2, -0.15) is 0 Å². The number of para-hydroxylation sites is 1. The zero-order chi connectivity index (χ0) is 25.9. The molecule has 1 aromatic heterocycles. The van der Waals surface area contributed by atoms with Crippen molar-refractivity contribution in [2.45, 2.75) is 39.2 Å². The maximum absolute atomic E-state index is 13.7. The van der Waals surface area contributed by atoms with Crippen LogP contribution in [0.4, 0.5) is 10.1 Å². The smallest absolute Gasteiger partial charge is 0.295 e. The lowest BCUT2D eigenvalue weighted by atomic mass is 9.97. The first-order valence-corrected chi connectivity index (χ1v) is 12.6. The number of benzene rings is 3. The number of halogens is 1. The standard InChI is InChI=1S/C30H28FNO5/c1-3-5-8-17-36-24-16-11-19(18-25(24)35-4-2)27-26-28(33)22-9-6-7-10-23(22)37-29(26)30(34)32(27)21-14-12-20(31)13-15-21/h6-7,9-16,18,27H,3-5,8,17H2,1-2H3. The van der Waals surface area contributed by atoms with Gasteiger partial charge in [0.1, 0.15) is 11.4 Å². The van der Waals surface area contributed by atoms with Gasteiger partial charge in [0.05, 0.1) is 30.2 Å². The summed E-state index contributed by atoms with van der Waals surface area (Å²) in [7, 11) is 0. The number of carbonyl (C=O) groups excluding carboxylic acids is 1. The SMILES string of the molecule is CCCCCOc1ccc(C2c3c(oc4ccccc4c3=O)C(=O)N2c2ccc(F)cc2)cc1OCC. The summed E-state index contributed by atoms with van der Waals surface area (Å²) in [6.07, 6.45) is 3.09. The monoisotopic (exact) mass is 501 g/mol.